The average molecular weight is 210 g/mol. The van der Waals surface area contributed by atoms with Gasteiger partial charge in [-0.2, -0.15) is 5.10 Å². The van der Waals surface area contributed by atoms with Gasteiger partial charge in [-0.25, -0.2) is 0 Å². The summed E-state index contributed by atoms with van der Waals surface area (Å²) in [6.45, 7) is 5.83. The number of nitrogens with two attached hydrogens (primary N) is 1. The number of hydrogen-bond acceptors (Lipinski definition) is 3. The highest BCUT2D eigenvalue weighted by Crippen LogP contribution is 2.07. The number of anilines is 1. The van der Waals surface area contributed by atoms with Crippen molar-refractivity contribution < 1.29 is 4.79 Å². The number of nitrogens with one attached hydrogen (secondary N) is 2. The van der Waals surface area contributed by atoms with Crippen molar-refractivity contribution in [2.75, 3.05) is 5.32 Å². The van der Waals surface area contributed by atoms with Crippen molar-refractivity contribution in [1.82, 2.24) is 10.2 Å². The number of carbonyl (C=O) groups is 1. The third kappa shape index (κ3) is 3.06. The van der Waals surface area contributed by atoms with Crippen LogP contribution in [-0.2, 0) is 11.2 Å². The Morgan fingerprint density at radius 2 is 2.33 bits per heavy atom. The fourth-order valence-electron chi connectivity index (χ4n) is 1.12. The van der Waals surface area contributed by atoms with Crippen LogP contribution in [0.1, 0.15) is 26.5 Å². The first kappa shape index (κ1) is 11.7. The normalized spacial score (nSPS) is 12.9. The molecule has 0 aliphatic rings. The topological polar surface area (TPSA) is 83.8 Å². The predicted octanol–water partition coefficient (Wildman–Crippen LogP) is 0.894. The Kier molecular flexibility index (Phi) is 3.85. The van der Waals surface area contributed by atoms with Gasteiger partial charge in [0.1, 0.15) is 0 Å². The SMILES string of the molecule is CCc1cc(NC(=O)C(N)C(C)C)n[nH]1. The van der Waals surface area contributed by atoms with Gasteiger partial charge in [-0.05, 0) is 12.3 Å². The Morgan fingerprint density at radius 3 is 2.80 bits per heavy atom. The first-order chi connectivity index (χ1) is 7.04. The number of aromatic amines is 1. The molecule has 4 N–H and O–H groups in total. The molecule has 1 amide bonds. The van der Waals surface area contributed by atoms with E-state index < -0.39 is 6.04 Å². The van der Waals surface area contributed by atoms with Gasteiger partial charge in [0, 0.05) is 11.8 Å². The molecule has 1 heterocycles. The molecule has 0 aliphatic carbocycles. The summed E-state index contributed by atoms with van der Waals surface area (Å²) in [4.78, 5) is 11.6. The average Bonchev–Trinajstić information content (AvgIpc) is 2.64. The smallest absolute Gasteiger partial charge is 0.242 e. The Morgan fingerprint density at radius 1 is 1.67 bits per heavy atom. The molecule has 5 nitrogen and oxygen atoms in total. The van der Waals surface area contributed by atoms with Crippen molar-refractivity contribution >= 4 is 11.7 Å². The van der Waals surface area contributed by atoms with Crippen LogP contribution in [-0.4, -0.2) is 22.1 Å². The lowest BCUT2D eigenvalue weighted by Crippen LogP contribution is -2.39. The lowest BCUT2D eigenvalue weighted by molar-refractivity contribution is -0.118. The summed E-state index contributed by atoms with van der Waals surface area (Å²) in [5, 5.41) is 9.45. The molecule has 0 fully saturated rings. The van der Waals surface area contributed by atoms with Crippen LogP contribution in [0.4, 0.5) is 5.82 Å². The molecule has 1 aromatic rings. The van der Waals surface area contributed by atoms with Crippen LogP contribution in [0.5, 0.6) is 0 Å². The van der Waals surface area contributed by atoms with Crippen molar-refractivity contribution in [2.24, 2.45) is 11.7 Å². The first-order valence-corrected chi connectivity index (χ1v) is 5.15. The number of carbonyl (C=O) groups excluding carboxylic acids is 1. The minimum Gasteiger partial charge on any atom is -0.320 e. The molecule has 1 atom stereocenters. The van der Waals surface area contributed by atoms with Gasteiger partial charge in [0.2, 0.25) is 5.91 Å². The van der Waals surface area contributed by atoms with Crippen LogP contribution in [0.15, 0.2) is 6.07 Å². The van der Waals surface area contributed by atoms with Gasteiger partial charge in [-0.1, -0.05) is 20.8 Å². The van der Waals surface area contributed by atoms with Crippen molar-refractivity contribution in [3.05, 3.63) is 11.8 Å². The molecular formula is C10H18N4O. The van der Waals surface area contributed by atoms with Gasteiger partial charge >= 0.3 is 0 Å². The molecule has 84 valence electrons. The van der Waals surface area contributed by atoms with E-state index in [2.05, 4.69) is 15.5 Å². The Bertz CT molecular complexity index is 332. The van der Waals surface area contributed by atoms with E-state index in [1.165, 1.54) is 0 Å². The maximum atomic E-state index is 11.6. The second kappa shape index (κ2) is 4.93. The minimum atomic E-state index is -0.494. The maximum Gasteiger partial charge on any atom is 0.242 e. The molecule has 15 heavy (non-hydrogen) atoms. The van der Waals surface area contributed by atoms with Crippen LogP contribution in [0, 0.1) is 5.92 Å². The lowest BCUT2D eigenvalue weighted by Gasteiger charge is -2.13. The summed E-state index contributed by atoms with van der Waals surface area (Å²) in [5.41, 5.74) is 6.69. The highest BCUT2D eigenvalue weighted by atomic mass is 16.2. The van der Waals surface area contributed by atoms with Crippen molar-refractivity contribution in [3.63, 3.8) is 0 Å². The monoisotopic (exact) mass is 210 g/mol. The second-order valence-corrected chi connectivity index (χ2v) is 3.89. The zero-order valence-corrected chi connectivity index (χ0v) is 9.37. The molecule has 0 bridgehead atoms. The zero-order valence-electron chi connectivity index (χ0n) is 9.37. The summed E-state index contributed by atoms with van der Waals surface area (Å²) in [7, 11) is 0. The van der Waals surface area contributed by atoms with Gasteiger partial charge in [0.25, 0.3) is 0 Å². The largest absolute Gasteiger partial charge is 0.320 e. The van der Waals surface area contributed by atoms with E-state index in [4.69, 9.17) is 5.73 Å². The van der Waals surface area contributed by atoms with Crippen LogP contribution < -0.4 is 11.1 Å². The van der Waals surface area contributed by atoms with Gasteiger partial charge in [0.15, 0.2) is 5.82 Å². The molecule has 0 aromatic carbocycles. The van der Waals surface area contributed by atoms with E-state index in [0.29, 0.717) is 5.82 Å². The second-order valence-electron chi connectivity index (χ2n) is 3.89. The Balaban J connectivity index is 2.58. The Labute approximate surface area is 89.4 Å². The highest BCUT2D eigenvalue weighted by molar-refractivity contribution is 5.94. The van der Waals surface area contributed by atoms with Crippen molar-refractivity contribution in [3.8, 4) is 0 Å². The number of amides is 1. The third-order valence-corrected chi connectivity index (χ3v) is 2.28. The van der Waals surface area contributed by atoms with Gasteiger partial charge in [-0.3, -0.25) is 9.89 Å². The van der Waals surface area contributed by atoms with E-state index in [1.54, 1.807) is 0 Å². The molecule has 0 saturated carbocycles. The molecule has 1 unspecified atom stereocenters. The fourth-order valence-corrected chi connectivity index (χ4v) is 1.12. The van der Waals surface area contributed by atoms with Crippen LogP contribution >= 0.6 is 0 Å². The number of nitrogens with zero attached hydrogens (tertiary/aromatic N) is 1. The minimum absolute atomic E-state index is 0.120. The van der Waals surface area contributed by atoms with E-state index in [1.807, 2.05) is 26.8 Å². The molecule has 0 radical (unpaired) electrons. The van der Waals surface area contributed by atoms with Crippen LogP contribution in [0.25, 0.3) is 0 Å². The van der Waals surface area contributed by atoms with E-state index in [-0.39, 0.29) is 11.8 Å². The van der Waals surface area contributed by atoms with Crippen molar-refractivity contribution in [2.45, 2.75) is 33.2 Å². The summed E-state index contributed by atoms with van der Waals surface area (Å²) in [5.74, 6) is 0.460. The molecule has 1 rings (SSSR count). The zero-order chi connectivity index (χ0) is 11.4. The molecule has 5 heteroatoms. The summed E-state index contributed by atoms with van der Waals surface area (Å²) in [6, 6.07) is 1.32. The predicted molar refractivity (Wildman–Crippen MR) is 59.4 cm³/mol. The maximum absolute atomic E-state index is 11.6. The van der Waals surface area contributed by atoms with Gasteiger partial charge in [-0.15, -0.1) is 0 Å². The van der Waals surface area contributed by atoms with Gasteiger partial charge < -0.3 is 11.1 Å². The van der Waals surface area contributed by atoms with Crippen LogP contribution in [0.3, 0.4) is 0 Å². The molecule has 0 spiro atoms. The summed E-state index contributed by atoms with van der Waals surface area (Å²) in [6.07, 6.45) is 0.860. The summed E-state index contributed by atoms with van der Waals surface area (Å²) >= 11 is 0. The van der Waals surface area contributed by atoms with E-state index in [0.717, 1.165) is 12.1 Å². The number of aromatic nitrogens is 2. The quantitative estimate of drug-likeness (QED) is 0.690. The fraction of sp³-hybridized carbons (Fsp3) is 0.600. The Hall–Kier alpha value is -1.36. The number of hydrogen-bond donors (Lipinski definition) is 3. The molecule has 1 aromatic heterocycles. The number of rotatable bonds is 4. The molecule has 0 saturated heterocycles. The molecule has 0 aliphatic heterocycles. The highest BCUT2D eigenvalue weighted by Gasteiger charge is 2.17. The lowest BCUT2D eigenvalue weighted by atomic mass is 10.1. The number of H-pyrrole nitrogens is 1. The number of aryl methyl sites for hydroxylation is 1. The summed E-state index contributed by atoms with van der Waals surface area (Å²) < 4.78 is 0. The third-order valence-electron chi connectivity index (χ3n) is 2.28. The standard InChI is InChI=1S/C10H18N4O/c1-4-7-5-8(14-13-7)12-10(15)9(11)6(2)3/h5-6,9H,4,11H2,1-3H3,(H2,12,13,14,15). The first-order valence-electron chi connectivity index (χ1n) is 5.15. The van der Waals surface area contributed by atoms with E-state index >= 15 is 0 Å². The van der Waals surface area contributed by atoms with Crippen molar-refractivity contribution in [1.29, 1.82) is 0 Å². The van der Waals surface area contributed by atoms with Crippen LogP contribution in [0.2, 0.25) is 0 Å². The van der Waals surface area contributed by atoms with E-state index in [9.17, 15) is 4.79 Å². The van der Waals surface area contributed by atoms with Gasteiger partial charge in [0.05, 0.1) is 6.04 Å². The molecular weight excluding hydrogens is 192 g/mol.